The Bertz CT molecular complexity index is 2830. The van der Waals surface area contributed by atoms with Crippen LogP contribution in [0.5, 0.6) is 11.8 Å². The molecular weight excluding hydrogens is 921 g/mol. The van der Waals surface area contributed by atoms with Crippen LogP contribution in [0.4, 0.5) is 15.0 Å². The van der Waals surface area contributed by atoms with Gasteiger partial charge in [0.15, 0.2) is 12.6 Å². The Hall–Kier alpha value is -5.31. The highest BCUT2D eigenvalue weighted by Gasteiger charge is 2.54. The monoisotopic (exact) mass is 985 g/mol. The molecule has 0 aliphatic carbocycles. The third-order valence-electron chi connectivity index (χ3n) is 15.1. The van der Waals surface area contributed by atoms with E-state index in [0.717, 1.165) is 55.8 Å². The van der Waals surface area contributed by atoms with E-state index in [4.69, 9.17) is 44.9 Å². The van der Waals surface area contributed by atoms with E-state index in [9.17, 15) is 4.79 Å². The van der Waals surface area contributed by atoms with Crippen LogP contribution >= 0.6 is 11.6 Å². The molecule has 0 radical (unpaired) electrons. The van der Waals surface area contributed by atoms with Crippen LogP contribution in [0.15, 0.2) is 103 Å². The zero-order chi connectivity index (χ0) is 49.0. The molecule has 4 aliphatic heterocycles. The molecule has 4 saturated heterocycles. The van der Waals surface area contributed by atoms with Crippen LogP contribution in [0.25, 0.3) is 32.8 Å². The molecule has 2 bridgehead atoms. The molecular formula is C56H65ClFN5O6Si. The van der Waals surface area contributed by atoms with E-state index in [0.29, 0.717) is 48.8 Å². The molecule has 5 heterocycles. The molecule has 11 nitrogen and oxygen atoms in total. The molecule has 1 amide bonds. The number of halogens is 2. The highest BCUT2D eigenvalue weighted by molar-refractivity contribution is 6.99. The van der Waals surface area contributed by atoms with E-state index in [-0.39, 0.29) is 63.7 Å². The number of benzene rings is 5. The van der Waals surface area contributed by atoms with Gasteiger partial charge in [0.1, 0.15) is 29.3 Å². The average Bonchev–Trinajstić information content (AvgIpc) is 3.99. The number of ether oxygens (including phenoxy) is 4. The number of carbonyl (C=O) groups is 1. The maximum absolute atomic E-state index is 17.9. The molecule has 1 aromatic heterocycles. The number of methoxy groups -OCH3 is 1. The van der Waals surface area contributed by atoms with Crippen LogP contribution in [0.1, 0.15) is 80.1 Å². The zero-order valence-corrected chi connectivity index (χ0v) is 43.2. The lowest BCUT2D eigenvalue weighted by Gasteiger charge is -2.44. The minimum Gasteiger partial charge on any atom is -0.468 e. The number of fused-ring (bicyclic) bond motifs is 5. The van der Waals surface area contributed by atoms with E-state index in [1.165, 1.54) is 10.4 Å². The van der Waals surface area contributed by atoms with Gasteiger partial charge in [0.25, 0.3) is 8.32 Å². The first kappa shape index (κ1) is 48.3. The first-order valence-corrected chi connectivity index (χ1v) is 27.1. The highest BCUT2D eigenvalue weighted by Crippen LogP contribution is 2.47. The summed E-state index contributed by atoms with van der Waals surface area (Å²) in [5.74, 6) is 0.463. The third-order valence-corrected chi connectivity index (χ3v) is 20.4. The van der Waals surface area contributed by atoms with Gasteiger partial charge in [0.2, 0.25) is 0 Å². The minimum absolute atomic E-state index is 0.0274. The number of aromatic nitrogens is 2. The third kappa shape index (κ3) is 8.90. The van der Waals surface area contributed by atoms with Crippen molar-refractivity contribution in [2.24, 2.45) is 0 Å². The molecule has 14 heteroatoms. The normalized spacial score (nSPS) is 21.7. The topological polar surface area (TPSA) is 98.7 Å². The van der Waals surface area contributed by atoms with E-state index < -0.39 is 19.7 Å². The fraction of sp³-hybridized carbons (Fsp3) is 0.446. The lowest BCUT2D eigenvalue weighted by Crippen LogP contribution is -2.67. The number of carbonyl (C=O) groups excluding carboxylic acids is 1. The molecule has 4 unspecified atom stereocenters. The molecule has 0 saturated carbocycles. The van der Waals surface area contributed by atoms with E-state index in [2.05, 4.69) is 91.2 Å². The van der Waals surface area contributed by atoms with Crippen molar-refractivity contribution in [1.29, 1.82) is 0 Å². The van der Waals surface area contributed by atoms with Crippen LogP contribution in [0.2, 0.25) is 10.1 Å². The SMILES string of the molecule is COCOc1cc(-c2c(Cl)cc3c(N4CC5CCC(C4)N5C(=O)OC(C)(C)C)nc(OCC45CCCN4C(CO[Si](c4ccccc4)(c4ccccc4)C(C)(C)C)CC5)nc3c2F)c2ccccc2c1. The lowest BCUT2D eigenvalue weighted by molar-refractivity contribution is 0.0122. The second-order valence-electron chi connectivity index (χ2n) is 21.7. The number of nitrogens with zero attached hydrogens (tertiary/aromatic N) is 5. The number of hydrogen-bond acceptors (Lipinski definition) is 10. The summed E-state index contributed by atoms with van der Waals surface area (Å²) in [5, 5.41) is 4.75. The Labute approximate surface area is 417 Å². The summed E-state index contributed by atoms with van der Waals surface area (Å²) in [5.41, 5.74) is -0.00476. The Morgan fingerprint density at radius 3 is 2.16 bits per heavy atom. The number of piperazine rings is 1. The van der Waals surface area contributed by atoms with Crippen LogP contribution in [0.3, 0.4) is 0 Å². The van der Waals surface area contributed by atoms with Crippen LogP contribution in [0, 0.1) is 5.82 Å². The van der Waals surface area contributed by atoms with Gasteiger partial charge in [0.05, 0.1) is 29.3 Å². The molecule has 0 N–H and O–H groups in total. The predicted octanol–water partition coefficient (Wildman–Crippen LogP) is 10.8. The van der Waals surface area contributed by atoms with E-state index in [1.807, 2.05) is 56.0 Å². The smallest absolute Gasteiger partial charge is 0.410 e. The van der Waals surface area contributed by atoms with Crippen molar-refractivity contribution >= 4 is 63.9 Å². The van der Waals surface area contributed by atoms with Crippen LogP contribution < -0.4 is 24.7 Å². The second kappa shape index (κ2) is 19.0. The van der Waals surface area contributed by atoms with Gasteiger partial charge in [-0.2, -0.15) is 9.97 Å². The maximum atomic E-state index is 17.9. The van der Waals surface area contributed by atoms with Gasteiger partial charge < -0.3 is 28.3 Å². The van der Waals surface area contributed by atoms with Crippen LogP contribution in [-0.2, 0) is 13.9 Å². The first-order valence-electron chi connectivity index (χ1n) is 24.8. The number of rotatable bonds is 13. The molecule has 4 aliphatic rings. The fourth-order valence-corrected chi connectivity index (χ4v) is 17.0. The van der Waals surface area contributed by atoms with Gasteiger partial charge in [-0.1, -0.05) is 117 Å². The van der Waals surface area contributed by atoms with Gasteiger partial charge in [-0.3, -0.25) is 9.80 Å². The summed E-state index contributed by atoms with van der Waals surface area (Å²) < 4.78 is 49.2. The fourth-order valence-electron chi connectivity index (χ4n) is 12.1. The van der Waals surface area contributed by atoms with Gasteiger partial charge >= 0.3 is 12.1 Å². The molecule has 70 heavy (non-hydrogen) atoms. The molecule has 4 fully saturated rings. The molecule has 6 aromatic rings. The number of amides is 1. The summed E-state index contributed by atoms with van der Waals surface area (Å²) >= 11 is 7.22. The van der Waals surface area contributed by atoms with E-state index in [1.54, 1.807) is 19.2 Å². The summed E-state index contributed by atoms with van der Waals surface area (Å²) in [6.07, 6.45) is 5.22. The standard InChI is InChI=1S/C56H65ClFN5O6Si/c1-54(2,3)69-53(64)63-38-23-24-39(63)33-61(32-38)51-46-31-47(57)48(45-30-41(67-36-65-7)29-37-17-14-15-22-44(37)45)49(58)50(46)59-52(60-51)66-35-56-26-16-28-62(56)40(25-27-56)34-68-70(55(4,5)6,42-18-10-8-11-19-42)43-20-12-9-13-21-43/h8-15,17-22,29-31,38-40H,16,23-28,32-36H2,1-7H3. The summed E-state index contributed by atoms with van der Waals surface area (Å²) in [7, 11) is -1.21. The van der Waals surface area contributed by atoms with Gasteiger partial charge in [-0.25, -0.2) is 9.18 Å². The van der Waals surface area contributed by atoms with Crippen molar-refractivity contribution in [2.75, 3.05) is 51.7 Å². The lowest BCUT2D eigenvalue weighted by atomic mass is 9.95. The number of hydrogen-bond donors (Lipinski definition) is 0. The minimum atomic E-state index is -2.76. The van der Waals surface area contributed by atoms with Crippen molar-refractivity contribution in [3.63, 3.8) is 0 Å². The van der Waals surface area contributed by atoms with Gasteiger partial charge in [-0.05, 0) is 116 Å². The number of anilines is 1. The zero-order valence-electron chi connectivity index (χ0n) is 41.5. The Morgan fingerprint density at radius 1 is 0.829 bits per heavy atom. The molecule has 10 rings (SSSR count). The quantitative estimate of drug-likeness (QED) is 0.0822. The Balaban J connectivity index is 0.997. The van der Waals surface area contributed by atoms with Crippen molar-refractivity contribution in [3.05, 3.63) is 114 Å². The van der Waals surface area contributed by atoms with Crippen molar-refractivity contribution in [3.8, 4) is 22.9 Å². The Kier molecular flexibility index (Phi) is 13.1. The second-order valence-corrected chi connectivity index (χ2v) is 26.4. The van der Waals surface area contributed by atoms with E-state index >= 15 is 4.39 Å². The summed E-state index contributed by atoms with van der Waals surface area (Å²) in [6, 6.07) is 35.0. The predicted molar refractivity (Wildman–Crippen MR) is 278 cm³/mol. The average molecular weight is 987 g/mol. The summed E-state index contributed by atoms with van der Waals surface area (Å²) in [6.45, 7) is 15.5. The maximum Gasteiger partial charge on any atom is 0.410 e. The molecule has 0 spiro atoms. The molecule has 368 valence electrons. The first-order chi connectivity index (χ1) is 33.6. The van der Waals surface area contributed by atoms with Crippen molar-refractivity contribution in [1.82, 2.24) is 19.8 Å². The molecule has 5 aromatic carbocycles. The molecule has 4 atom stereocenters. The van der Waals surface area contributed by atoms with Crippen molar-refractivity contribution in [2.45, 2.75) is 114 Å². The largest absolute Gasteiger partial charge is 0.468 e. The van der Waals surface area contributed by atoms with Crippen molar-refractivity contribution < 1.29 is 32.6 Å². The van der Waals surface area contributed by atoms with Gasteiger partial charge in [-0.15, -0.1) is 0 Å². The highest BCUT2D eigenvalue weighted by atomic mass is 35.5. The summed E-state index contributed by atoms with van der Waals surface area (Å²) in [4.78, 5) is 30.3. The van der Waals surface area contributed by atoms with Crippen LogP contribution in [-0.4, -0.2) is 110 Å². The Morgan fingerprint density at radius 2 is 1.50 bits per heavy atom. The van der Waals surface area contributed by atoms with Gasteiger partial charge in [0, 0.05) is 37.2 Å².